The second kappa shape index (κ2) is 5.77. The molecule has 3 aromatic rings. The van der Waals surface area contributed by atoms with Crippen LogP contribution in [0.3, 0.4) is 0 Å². The van der Waals surface area contributed by atoms with E-state index in [-0.39, 0.29) is 11.5 Å². The SMILES string of the molecule is O=C(Nc1cccc(-c2n[nH]c(C3CC3)n2)c1)c1ccc(=O)[nH]c1. The fraction of sp³-hybridized carbons (Fsp3) is 0.176. The molecule has 1 fully saturated rings. The maximum absolute atomic E-state index is 12.2. The highest BCUT2D eigenvalue weighted by Crippen LogP contribution is 2.38. The third-order valence-electron chi connectivity index (χ3n) is 3.89. The van der Waals surface area contributed by atoms with E-state index in [4.69, 9.17) is 0 Å². The normalized spacial score (nSPS) is 13.7. The molecular weight excluding hydrogens is 306 g/mol. The molecule has 1 aliphatic carbocycles. The highest BCUT2D eigenvalue weighted by Gasteiger charge is 2.27. The minimum absolute atomic E-state index is 0.246. The standard InChI is InChI=1S/C17H15N5O2/c23-14-7-6-12(9-18-14)17(24)19-13-3-1-2-11(8-13)16-20-15(21-22-16)10-4-5-10/h1-3,6-10H,4-5H2,(H,18,23)(H,19,24)(H,20,21,22). The zero-order valence-electron chi connectivity index (χ0n) is 12.7. The molecule has 0 bridgehead atoms. The van der Waals surface area contributed by atoms with Gasteiger partial charge in [0, 0.05) is 29.4 Å². The molecule has 0 unspecified atom stereocenters. The Morgan fingerprint density at radius 2 is 2.08 bits per heavy atom. The Kier molecular flexibility index (Phi) is 3.45. The number of nitrogens with one attached hydrogen (secondary N) is 3. The summed E-state index contributed by atoms with van der Waals surface area (Å²) in [7, 11) is 0. The van der Waals surface area contributed by atoms with E-state index in [1.807, 2.05) is 18.2 Å². The van der Waals surface area contributed by atoms with Gasteiger partial charge in [-0.25, -0.2) is 4.98 Å². The van der Waals surface area contributed by atoms with Crippen LogP contribution in [0.5, 0.6) is 0 Å². The second-order valence-electron chi connectivity index (χ2n) is 5.80. The Morgan fingerprint density at radius 1 is 1.21 bits per heavy atom. The summed E-state index contributed by atoms with van der Waals surface area (Å²) in [5, 5.41) is 10.0. The van der Waals surface area contributed by atoms with Crippen molar-refractivity contribution in [3.05, 3.63) is 64.3 Å². The summed E-state index contributed by atoms with van der Waals surface area (Å²) < 4.78 is 0. The van der Waals surface area contributed by atoms with Gasteiger partial charge < -0.3 is 10.3 Å². The van der Waals surface area contributed by atoms with Crippen LogP contribution in [0.1, 0.15) is 34.9 Å². The molecule has 0 saturated heterocycles. The Labute approximate surface area is 137 Å². The van der Waals surface area contributed by atoms with Gasteiger partial charge in [-0.2, -0.15) is 5.10 Å². The van der Waals surface area contributed by atoms with Crippen molar-refractivity contribution in [2.24, 2.45) is 0 Å². The number of pyridine rings is 1. The number of hydrogen-bond acceptors (Lipinski definition) is 4. The van der Waals surface area contributed by atoms with E-state index in [0.717, 1.165) is 24.2 Å². The minimum Gasteiger partial charge on any atom is -0.328 e. The van der Waals surface area contributed by atoms with Crippen LogP contribution < -0.4 is 10.9 Å². The average molecular weight is 321 g/mol. The van der Waals surface area contributed by atoms with E-state index in [1.54, 1.807) is 6.07 Å². The van der Waals surface area contributed by atoms with Crippen LogP contribution in [0.25, 0.3) is 11.4 Å². The summed E-state index contributed by atoms with van der Waals surface area (Å²) in [5.74, 6) is 1.76. The molecule has 2 aromatic heterocycles. The third kappa shape index (κ3) is 2.96. The maximum atomic E-state index is 12.2. The topological polar surface area (TPSA) is 104 Å². The Hall–Kier alpha value is -3.22. The number of aromatic nitrogens is 4. The van der Waals surface area contributed by atoms with Gasteiger partial charge in [0.05, 0.1) is 5.56 Å². The number of amides is 1. The molecule has 120 valence electrons. The predicted molar refractivity (Wildman–Crippen MR) is 88.8 cm³/mol. The van der Waals surface area contributed by atoms with Crippen molar-refractivity contribution < 1.29 is 4.79 Å². The van der Waals surface area contributed by atoms with Crippen molar-refractivity contribution in [3.63, 3.8) is 0 Å². The van der Waals surface area contributed by atoms with E-state index in [0.29, 0.717) is 23.0 Å². The number of carbonyl (C=O) groups excluding carboxylic acids is 1. The Balaban J connectivity index is 1.54. The molecule has 2 heterocycles. The summed E-state index contributed by atoms with van der Waals surface area (Å²) in [4.78, 5) is 30.3. The first-order valence-corrected chi connectivity index (χ1v) is 7.72. The summed E-state index contributed by atoms with van der Waals surface area (Å²) >= 11 is 0. The number of hydrogen-bond donors (Lipinski definition) is 3. The molecule has 24 heavy (non-hydrogen) atoms. The zero-order chi connectivity index (χ0) is 16.5. The molecule has 1 aliphatic rings. The van der Waals surface area contributed by atoms with Crippen LogP contribution in [0, 0.1) is 0 Å². The molecule has 0 spiro atoms. The van der Waals surface area contributed by atoms with Gasteiger partial charge >= 0.3 is 0 Å². The van der Waals surface area contributed by atoms with Crippen molar-refractivity contribution >= 4 is 11.6 Å². The second-order valence-corrected chi connectivity index (χ2v) is 5.80. The summed E-state index contributed by atoms with van der Waals surface area (Å²) in [6, 6.07) is 10.2. The minimum atomic E-state index is -0.294. The van der Waals surface area contributed by atoms with E-state index in [9.17, 15) is 9.59 Å². The van der Waals surface area contributed by atoms with Crippen molar-refractivity contribution in [1.82, 2.24) is 20.2 Å². The van der Waals surface area contributed by atoms with E-state index in [2.05, 4.69) is 25.5 Å². The fourth-order valence-electron chi connectivity index (χ4n) is 2.43. The monoisotopic (exact) mass is 321 g/mol. The molecular formula is C17H15N5O2. The fourth-order valence-corrected chi connectivity index (χ4v) is 2.43. The molecule has 1 aromatic carbocycles. The van der Waals surface area contributed by atoms with E-state index in [1.165, 1.54) is 18.3 Å². The smallest absolute Gasteiger partial charge is 0.257 e. The third-order valence-corrected chi connectivity index (χ3v) is 3.89. The molecule has 4 rings (SSSR count). The van der Waals surface area contributed by atoms with Crippen LogP contribution >= 0.6 is 0 Å². The first-order chi connectivity index (χ1) is 11.7. The van der Waals surface area contributed by atoms with Crippen LogP contribution in [0.15, 0.2) is 47.4 Å². The Morgan fingerprint density at radius 3 is 2.83 bits per heavy atom. The van der Waals surface area contributed by atoms with Gasteiger partial charge in [0.1, 0.15) is 5.82 Å². The lowest BCUT2D eigenvalue weighted by Gasteiger charge is -2.06. The number of nitrogens with zero attached hydrogens (tertiary/aromatic N) is 2. The van der Waals surface area contributed by atoms with Gasteiger partial charge in [-0.05, 0) is 31.0 Å². The Bertz CT molecular complexity index is 935. The van der Waals surface area contributed by atoms with Gasteiger partial charge in [-0.15, -0.1) is 0 Å². The molecule has 7 nitrogen and oxygen atoms in total. The largest absolute Gasteiger partial charge is 0.328 e. The molecule has 1 saturated carbocycles. The van der Waals surface area contributed by atoms with Crippen LogP contribution in [0.4, 0.5) is 5.69 Å². The molecule has 0 atom stereocenters. The number of rotatable bonds is 4. The predicted octanol–water partition coefficient (Wildman–Crippen LogP) is 2.29. The van der Waals surface area contributed by atoms with Crippen molar-refractivity contribution in [1.29, 1.82) is 0 Å². The maximum Gasteiger partial charge on any atom is 0.257 e. The zero-order valence-corrected chi connectivity index (χ0v) is 12.7. The van der Waals surface area contributed by atoms with E-state index >= 15 is 0 Å². The van der Waals surface area contributed by atoms with Gasteiger partial charge in [0.15, 0.2) is 5.82 Å². The summed E-state index contributed by atoms with van der Waals surface area (Å²) in [6.07, 6.45) is 3.70. The van der Waals surface area contributed by atoms with Crippen LogP contribution in [-0.4, -0.2) is 26.1 Å². The van der Waals surface area contributed by atoms with Crippen LogP contribution in [0.2, 0.25) is 0 Å². The number of carbonyl (C=O) groups is 1. The van der Waals surface area contributed by atoms with Gasteiger partial charge in [-0.1, -0.05) is 12.1 Å². The first kappa shape index (κ1) is 14.4. The molecule has 0 aliphatic heterocycles. The van der Waals surface area contributed by atoms with Gasteiger partial charge in [-0.3, -0.25) is 14.7 Å². The molecule has 0 radical (unpaired) electrons. The van der Waals surface area contributed by atoms with Gasteiger partial charge in [0.2, 0.25) is 5.56 Å². The van der Waals surface area contributed by atoms with Gasteiger partial charge in [0.25, 0.3) is 5.91 Å². The quantitative estimate of drug-likeness (QED) is 0.686. The van der Waals surface area contributed by atoms with E-state index < -0.39 is 0 Å². The summed E-state index contributed by atoms with van der Waals surface area (Å²) in [5.41, 5.74) is 1.61. The lowest BCUT2D eigenvalue weighted by molar-refractivity contribution is 0.102. The van der Waals surface area contributed by atoms with Crippen molar-refractivity contribution in [2.45, 2.75) is 18.8 Å². The molecule has 1 amide bonds. The highest BCUT2D eigenvalue weighted by molar-refractivity contribution is 6.04. The van der Waals surface area contributed by atoms with Crippen molar-refractivity contribution in [3.8, 4) is 11.4 Å². The first-order valence-electron chi connectivity index (χ1n) is 7.72. The molecule has 7 heteroatoms. The molecule has 3 N–H and O–H groups in total. The number of aromatic amines is 2. The number of benzene rings is 1. The van der Waals surface area contributed by atoms with Crippen molar-refractivity contribution in [2.75, 3.05) is 5.32 Å². The number of H-pyrrole nitrogens is 2. The van der Waals surface area contributed by atoms with Crippen LogP contribution in [-0.2, 0) is 0 Å². The summed E-state index contributed by atoms with van der Waals surface area (Å²) in [6.45, 7) is 0. The highest BCUT2D eigenvalue weighted by atomic mass is 16.1. The number of anilines is 1. The lowest BCUT2D eigenvalue weighted by atomic mass is 10.2. The average Bonchev–Trinajstić information content (AvgIpc) is 3.33. The lowest BCUT2D eigenvalue weighted by Crippen LogP contribution is -2.14.